The van der Waals surface area contributed by atoms with Gasteiger partial charge in [0.25, 0.3) is 0 Å². The SMILES string of the molecule is CCOC(=O)CCN(CCc1ccc(OC)cc1)C(=O)C1CCCCC1. The average Bonchev–Trinajstić information content (AvgIpc) is 2.69. The van der Waals surface area contributed by atoms with Gasteiger partial charge >= 0.3 is 5.97 Å². The summed E-state index contributed by atoms with van der Waals surface area (Å²) in [6.45, 7) is 3.24. The van der Waals surface area contributed by atoms with E-state index in [-0.39, 0.29) is 24.2 Å². The first-order chi connectivity index (χ1) is 12.6. The van der Waals surface area contributed by atoms with Gasteiger partial charge in [0.2, 0.25) is 5.91 Å². The zero-order chi connectivity index (χ0) is 18.8. The molecule has 0 N–H and O–H groups in total. The monoisotopic (exact) mass is 361 g/mol. The number of carbonyl (C=O) groups excluding carboxylic acids is 2. The van der Waals surface area contributed by atoms with Crippen molar-refractivity contribution in [3.05, 3.63) is 29.8 Å². The molecule has 5 nitrogen and oxygen atoms in total. The number of nitrogens with zero attached hydrogens (tertiary/aromatic N) is 1. The number of hydrogen-bond acceptors (Lipinski definition) is 4. The first-order valence-electron chi connectivity index (χ1n) is 9.71. The Labute approximate surface area is 156 Å². The Bertz CT molecular complexity index is 564. The molecule has 1 aliphatic carbocycles. The van der Waals surface area contributed by atoms with E-state index in [0.29, 0.717) is 19.7 Å². The van der Waals surface area contributed by atoms with Gasteiger partial charge in [-0.3, -0.25) is 9.59 Å². The number of benzene rings is 1. The van der Waals surface area contributed by atoms with Gasteiger partial charge in [0, 0.05) is 19.0 Å². The standard InChI is InChI=1S/C21H31NO4/c1-3-26-20(23)14-16-22(21(24)18-7-5-4-6-8-18)15-13-17-9-11-19(25-2)12-10-17/h9-12,18H,3-8,13-16H2,1-2H3. The first kappa shape index (κ1) is 20.3. The van der Waals surface area contributed by atoms with Gasteiger partial charge in [-0.15, -0.1) is 0 Å². The van der Waals surface area contributed by atoms with Crippen molar-refractivity contribution in [1.29, 1.82) is 0 Å². The lowest BCUT2D eigenvalue weighted by Gasteiger charge is -2.29. The molecule has 0 bridgehead atoms. The van der Waals surface area contributed by atoms with Crippen molar-refractivity contribution in [3.63, 3.8) is 0 Å². The van der Waals surface area contributed by atoms with Gasteiger partial charge in [-0.25, -0.2) is 0 Å². The maximum Gasteiger partial charge on any atom is 0.307 e. The van der Waals surface area contributed by atoms with Crippen LogP contribution in [0.15, 0.2) is 24.3 Å². The molecule has 1 aromatic rings. The third-order valence-corrected chi connectivity index (χ3v) is 4.99. The lowest BCUT2D eigenvalue weighted by molar-refractivity contribution is -0.144. The molecule has 1 aliphatic rings. The number of methoxy groups -OCH3 is 1. The molecule has 0 heterocycles. The third-order valence-electron chi connectivity index (χ3n) is 4.99. The highest BCUT2D eigenvalue weighted by molar-refractivity contribution is 5.79. The van der Waals surface area contributed by atoms with Crippen LogP contribution in [0.1, 0.15) is 51.0 Å². The molecule has 0 aliphatic heterocycles. The van der Waals surface area contributed by atoms with E-state index in [4.69, 9.17) is 9.47 Å². The van der Waals surface area contributed by atoms with E-state index in [2.05, 4.69) is 0 Å². The summed E-state index contributed by atoms with van der Waals surface area (Å²) >= 11 is 0. The largest absolute Gasteiger partial charge is 0.497 e. The van der Waals surface area contributed by atoms with Crippen LogP contribution >= 0.6 is 0 Å². The molecule has 1 aromatic carbocycles. The van der Waals surface area contributed by atoms with Gasteiger partial charge < -0.3 is 14.4 Å². The summed E-state index contributed by atoms with van der Waals surface area (Å²) < 4.78 is 10.2. The van der Waals surface area contributed by atoms with Gasteiger partial charge in [-0.1, -0.05) is 31.4 Å². The molecule has 0 saturated heterocycles. The fourth-order valence-corrected chi connectivity index (χ4v) is 3.46. The van der Waals surface area contributed by atoms with Crippen molar-refractivity contribution < 1.29 is 19.1 Å². The summed E-state index contributed by atoms with van der Waals surface area (Å²) in [6, 6.07) is 7.91. The molecule has 1 fully saturated rings. The number of hydrogen-bond donors (Lipinski definition) is 0. The maximum absolute atomic E-state index is 12.9. The second-order valence-electron chi connectivity index (χ2n) is 6.81. The smallest absolute Gasteiger partial charge is 0.307 e. The minimum absolute atomic E-state index is 0.113. The van der Waals surface area contributed by atoms with Crippen LogP contribution in [0.2, 0.25) is 0 Å². The Balaban J connectivity index is 1.95. The van der Waals surface area contributed by atoms with Crippen LogP contribution in [0.3, 0.4) is 0 Å². The molecule has 0 unspecified atom stereocenters. The fraction of sp³-hybridized carbons (Fsp3) is 0.619. The Hall–Kier alpha value is -2.04. The lowest BCUT2D eigenvalue weighted by Crippen LogP contribution is -2.39. The van der Waals surface area contributed by atoms with E-state index in [1.807, 2.05) is 29.2 Å². The van der Waals surface area contributed by atoms with Gasteiger partial charge in [-0.05, 0) is 43.9 Å². The van der Waals surface area contributed by atoms with Gasteiger partial charge in [0.1, 0.15) is 5.75 Å². The van der Waals surface area contributed by atoms with E-state index in [1.165, 1.54) is 6.42 Å². The third kappa shape index (κ3) is 6.36. The molecular formula is C21H31NO4. The molecular weight excluding hydrogens is 330 g/mol. The summed E-state index contributed by atoms with van der Waals surface area (Å²) in [5, 5.41) is 0. The number of ether oxygens (including phenoxy) is 2. The van der Waals surface area contributed by atoms with Crippen LogP contribution in [-0.2, 0) is 20.7 Å². The summed E-state index contributed by atoms with van der Waals surface area (Å²) in [7, 11) is 1.65. The second-order valence-corrected chi connectivity index (χ2v) is 6.81. The molecule has 144 valence electrons. The van der Waals surface area contributed by atoms with Crippen LogP contribution in [0.4, 0.5) is 0 Å². The normalized spacial score (nSPS) is 14.7. The average molecular weight is 361 g/mol. The quantitative estimate of drug-likeness (QED) is 0.631. The first-order valence-corrected chi connectivity index (χ1v) is 9.71. The molecule has 1 amide bonds. The highest BCUT2D eigenvalue weighted by atomic mass is 16.5. The van der Waals surface area contributed by atoms with E-state index < -0.39 is 0 Å². The highest BCUT2D eigenvalue weighted by Crippen LogP contribution is 2.25. The number of esters is 1. The van der Waals surface area contributed by atoms with Crippen molar-refractivity contribution in [2.24, 2.45) is 5.92 Å². The minimum atomic E-state index is -0.238. The van der Waals surface area contributed by atoms with Crippen molar-refractivity contribution >= 4 is 11.9 Å². The Kier molecular flexibility index (Phi) is 8.45. The van der Waals surface area contributed by atoms with Crippen LogP contribution in [0.5, 0.6) is 5.75 Å². The fourth-order valence-electron chi connectivity index (χ4n) is 3.46. The number of amides is 1. The molecule has 2 rings (SSSR count). The summed E-state index contributed by atoms with van der Waals surface area (Å²) in [4.78, 5) is 26.5. The van der Waals surface area contributed by atoms with Gasteiger partial charge in [0.05, 0.1) is 20.1 Å². The van der Waals surface area contributed by atoms with E-state index in [9.17, 15) is 9.59 Å². The van der Waals surface area contributed by atoms with Crippen LogP contribution in [0.25, 0.3) is 0 Å². The molecule has 26 heavy (non-hydrogen) atoms. The predicted octanol–water partition coefficient (Wildman–Crippen LogP) is 3.60. The highest BCUT2D eigenvalue weighted by Gasteiger charge is 2.26. The van der Waals surface area contributed by atoms with Crippen molar-refractivity contribution in [3.8, 4) is 5.75 Å². The number of rotatable bonds is 9. The molecule has 0 aromatic heterocycles. The van der Waals surface area contributed by atoms with Crippen LogP contribution in [-0.4, -0.2) is 43.6 Å². The van der Waals surface area contributed by atoms with Crippen LogP contribution in [0, 0.1) is 5.92 Å². The topological polar surface area (TPSA) is 55.8 Å². The van der Waals surface area contributed by atoms with Crippen molar-refractivity contribution in [1.82, 2.24) is 4.90 Å². The molecule has 1 saturated carbocycles. The Morgan fingerprint density at radius 2 is 1.77 bits per heavy atom. The zero-order valence-electron chi connectivity index (χ0n) is 16.0. The summed E-state index contributed by atoms with van der Waals surface area (Å²) in [5.41, 5.74) is 1.16. The zero-order valence-corrected chi connectivity index (χ0v) is 16.0. The lowest BCUT2D eigenvalue weighted by atomic mass is 9.88. The van der Waals surface area contributed by atoms with E-state index in [1.54, 1.807) is 14.0 Å². The Morgan fingerprint density at radius 1 is 1.08 bits per heavy atom. The van der Waals surface area contributed by atoms with Gasteiger partial charge in [0.15, 0.2) is 0 Å². The van der Waals surface area contributed by atoms with E-state index in [0.717, 1.165) is 43.4 Å². The number of carbonyl (C=O) groups is 2. The minimum Gasteiger partial charge on any atom is -0.497 e. The maximum atomic E-state index is 12.9. The second kappa shape index (κ2) is 10.8. The van der Waals surface area contributed by atoms with Crippen LogP contribution < -0.4 is 4.74 Å². The Morgan fingerprint density at radius 3 is 2.38 bits per heavy atom. The summed E-state index contributed by atoms with van der Waals surface area (Å²) in [5.74, 6) is 0.897. The van der Waals surface area contributed by atoms with Crippen molar-refractivity contribution in [2.45, 2.75) is 51.9 Å². The molecule has 0 atom stereocenters. The molecule has 5 heteroatoms. The molecule has 0 spiro atoms. The molecule has 0 radical (unpaired) electrons. The van der Waals surface area contributed by atoms with E-state index >= 15 is 0 Å². The predicted molar refractivity (Wildman–Crippen MR) is 101 cm³/mol. The van der Waals surface area contributed by atoms with Crippen molar-refractivity contribution in [2.75, 3.05) is 26.8 Å². The summed E-state index contributed by atoms with van der Waals surface area (Å²) in [6.07, 6.45) is 6.44. The van der Waals surface area contributed by atoms with Gasteiger partial charge in [-0.2, -0.15) is 0 Å².